The Morgan fingerprint density at radius 2 is 2.12 bits per heavy atom. The van der Waals surface area contributed by atoms with Crippen LogP contribution < -0.4 is 0 Å². The van der Waals surface area contributed by atoms with Gasteiger partial charge < -0.3 is 14.3 Å². The van der Waals surface area contributed by atoms with E-state index in [1.165, 1.54) is 6.07 Å². The van der Waals surface area contributed by atoms with Crippen molar-refractivity contribution in [3.8, 4) is 0 Å². The molecule has 0 bridgehead atoms. The Hall–Kier alpha value is -1.29. The molecule has 0 aliphatic carbocycles. The lowest BCUT2D eigenvalue weighted by Gasteiger charge is -2.19. The van der Waals surface area contributed by atoms with Crippen molar-refractivity contribution in [2.24, 2.45) is 5.41 Å². The van der Waals surface area contributed by atoms with Crippen molar-refractivity contribution in [2.75, 3.05) is 6.61 Å². The first kappa shape index (κ1) is 13.8. The van der Waals surface area contributed by atoms with E-state index >= 15 is 0 Å². The van der Waals surface area contributed by atoms with Crippen LogP contribution in [0.5, 0.6) is 0 Å². The molecule has 0 aliphatic heterocycles. The van der Waals surface area contributed by atoms with Crippen molar-refractivity contribution >= 4 is 5.97 Å². The minimum Gasteiger partial charge on any atom is -0.475 e. The maximum absolute atomic E-state index is 10.6. The summed E-state index contributed by atoms with van der Waals surface area (Å²) < 4.78 is 10.8. The van der Waals surface area contributed by atoms with Crippen LogP contribution in [0, 0.1) is 5.41 Å². The molecule has 1 rings (SSSR count). The second kappa shape index (κ2) is 5.36. The molecule has 0 spiro atoms. The Balaban J connectivity index is 2.46. The molecule has 17 heavy (non-hydrogen) atoms. The van der Waals surface area contributed by atoms with E-state index in [1.54, 1.807) is 6.07 Å². The van der Waals surface area contributed by atoms with Gasteiger partial charge in [-0.2, -0.15) is 0 Å². The zero-order chi connectivity index (χ0) is 13.1. The summed E-state index contributed by atoms with van der Waals surface area (Å²) in [5, 5.41) is 8.73. The standard InChI is InChI=1S/C13H20O4/c1-9(16-8-7-13(2,3)4)10-5-6-11(17-10)12(14)15/h5-6,9H,7-8H2,1-4H3,(H,14,15). The van der Waals surface area contributed by atoms with Crippen molar-refractivity contribution in [3.05, 3.63) is 23.7 Å². The molecule has 0 saturated heterocycles. The van der Waals surface area contributed by atoms with E-state index in [2.05, 4.69) is 20.8 Å². The Morgan fingerprint density at radius 3 is 2.59 bits per heavy atom. The maximum atomic E-state index is 10.6. The fourth-order valence-electron chi connectivity index (χ4n) is 1.31. The van der Waals surface area contributed by atoms with E-state index in [0.717, 1.165) is 6.42 Å². The maximum Gasteiger partial charge on any atom is 0.371 e. The third-order valence-corrected chi connectivity index (χ3v) is 2.46. The summed E-state index contributed by atoms with van der Waals surface area (Å²) in [6.45, 7) is 8.93. The number of carbonyl (C=O) groups is 1. The number of carboxylic acid groups (broad SMARTS) is 1. The predicted molar refractivity (Wildman–Crippen MR) is 64.1 cm³/mol. The molecule has 0 aromatic carbocycles. The second-order valence-corrected chi connectivity index (χ2v) is 5.33. The molecule has 1 atom stereocenters. The zero-order valence-corrected chi connectivity index (χ0v) is 10.8. The van der Waals surface area contributed by atoms with Gasteiger partial charge in [0.2, 0.25) is 5.76 Å². The number of hydrogen-bond donors (Lipinski definition) is 1. The topological polar surface area (TPSA) is 59.7 Å². The van der Waals surface area contributed by atoms with Gasteiger partial charge in [0, 0.05) is 6.61 Å². The summed E-state index contributed by atoms with van der Waals surface area (Å²) in [5.74, 6) is -0.555. The summed E-state index contributed by atoms with van der Waals surface area (Å²) in [7, 11) is 0. The molecule has 0 radical (unpaired) electrons. The average molecular weight is 240 g/mol. The van der Waals surface area contributed by atoms with Gasteiger partial charge in [-0.25, -0.2) is 4.79 Å². The van der Waals surface area contributed by atoms with Crippen LogP contribution >= 0.6 is 0 Å². The molecule has 4 heteroatoms. The quantitative estimate of drug-likeness (QED) is 0.855. The molecule has 1 aromatic heterocycles. The molecular weight excluding hydrogens is 220 g/mol. The lowest BCUT2D eigenvalue weighted by atomic mass is 9.93. The van der Waals surface area contributed by atoms with E-state index in [-0.39, 0.29) is 17.3 Å². The highest BCUT2D eigenvalue weighted by Crippen LogP contribution is 2.23. The third-order valence-electron chi connectivity index (χ3n) is 2.46. The lowest BCUT2D eigenvalue weighted by Crippen LogP contribution is -2.11. The zero-order valence-electron chi connectivity index (χ0n) is 10.8. The number of rotatable bonds is 5. The van der Waals surface area contributed by atoms with Crippen LogP contribution in [0.2, 0.25) is 0 Å². The van der Waals surface area contributed by atoms with Gasteiger partial charge in [-0.15, -0.1) is 0 Å². The summed E-state index contributed by atoms with van der Waals surface area (Å²) >= 11 is 0. The van der Waals surface area contributed by atoms with Crippen LogP contribution in [0.3, 0.4) is 0 Å². The highest BCUT2D eigenvalue weighted by atomic mass is 16.5. The molecule has 0 saturated carbocycles. The van der Waals surface area contributed by atoms with E-state index < -0.39 is 5.97 Å². The largest absolute Gasteiger partial charge is 0.475 e. The highest BCUT2D eigenvalue weighted by molar-refractivity contribution is 5.84. The fraction of sp³-hybridized carbons (Fsp3) is 0.615. The van der Waals surface area contributed by atoms with Crippen molar-refractivity contribution in [2.45, 2.75) is 40.2 Å². The van der Waals surface area contributed by atoms with Crippen LogP contribution in [0.4, 0.5) is 0 Å². The normalized spacial score (nSPS) is 13.6. The fourth-order valence-corrected chi connectivity index (χ4v) is 1.31. The highest BCUT2D eigenvalue weighted by Gasteiger charge is 2.16. The predicted octanol–water partition coefficient (Wildman–Crippen LogP) is 3.49. The van der Waals surface area contributed by atoms with E-state index in [1.807, 2.05) is 6.92 Å². The molecule has 1 aromatic rings. The third kappa shape index (κ3) is 4.61. The first-order chi connectivity index (χ1) is 7.79. The van der Waals surface area contributed by atoms with Gasteiger partial charge in [-0.1, -0.05) is 20.8 Å². The van der Waals surface area contributed by atoms with Gasteiger partial charge in [-0.3, -0.25) is 0 Å². The number of ether oxygens (including phenoxy) is 1. The molecular formula is C13H20O4. The Bertz CT molecular complexity index is 373. The van der Waals surface area contributed by atoms with Gasteiger partial charge in [0.05, 0.1) is 0 Å². The molecule has 1 heterocycles. The first-order valence-corrected chi connectivity index (χ1v) is 5.74. The van der Waals surface area contributed by atoms with Crippen molar-refractivity contribution in [3.63, 3.8) is 0 Å². The van der Waals surface area contributed by atoms with Crippen LogP contribution in [-0.4, -0.2) is 17.7 Å². The van der Waals surface area contributed by atoms with Crippen molar-refractivity contribution in [1.82, 2.24) is 0 Å². The summed E-state index contributed by atoms with van der Waals surface area (Å²) in [6.07, 6.45) is 0.731. The SMILES string of the molecule is CC(OCCC(C)(C)C)c1ccc(C(=O)O)o1. The average Bonchev–Trinajstić information content (AvgIpc) is 2.63. The second-order valence-electron chi connectivity index (χ2n) is 5.33. The number of carboxylic acids is 1. The molecule has 0 fully saturated rings. The van der Waals surface area contributed by atoms with Gasteiger partial charge in [0.1, 0.15) is 11.9 Å². The summed E-state index contributed by atoms with van der Waals surface area (Å²) in [4.78, 5) is 10.6. The van der Waals surface area contributed by atoms with E-state index in [9.17, 15) is 4.79 Å². The van der Waals surface area contributed by atoms with Crippen molar-refractivity contribution < 1.29 is 19.1 Å². The molecule has 1 unspecified atom stereocenters. The molecule has 0 aliphatic rings. The van der Waals surface area contributed by atoms with Crippen LogP contribution in [0.15, 0.2) is 16.5 Å². The number of hydrogen-bond acceptors (Lipinski definition) is 3. The van der Waals surface area contributed by atoms with Gasteiger partial charge >= 0.3 is 5.97 Å². The monoisotopic (exact) mass is 240 g/mol. The molecule has 0 amide bonds. The van der Waals surface area contributed by atoms with Gasteiger partial charge in [-0.05, 0) is 30.9 Å². The molecule has 1 N–H and O–H groups in total. The Kier molecular flexibility index (Phi) is 4.34. The molecule has 4 nitrogen and oxygen atoms in total. The van der Waals surface area contributed by atoms with E-state index in [0.29, 0.717) is 12.4 Å². The van der Waals surface area contributed by atoms with Gasteiger partial charge in [0.25, 0.3) is 0 Å². The molecule has 96 valence electrons. The lowest BCUT2D eigenvalue weighted by molar-refractivity contribution is 0.0338. The van der Waals surface area contributed by atoms with Crippen molar-refractivity contribution in [1.29, 1.82) is 0 Å². The Labute approximate surface area is 102 Å². The minimum absolute atomic E-state index is 0.0497. The van der Waals surface area contributed by atoms with Gasteiger partial charge in [0.15, 0.2) is 0 Å². The number of aromatic carboxylic acids is 1. The van der Waals surface area contributed by atoms with E-state index in [4.69, 9.17) is 14.3 Å². The first-order valence-electron chi connectivity index (χ1n) is 5.74. The van der Waals surface area contributed by atoms with Crippen LogP contribution in [-0.2, 0) is 4.74 Å². The smallest absolute Gasteiger partial charge is 0.371 e. The minimum atomic E-state index is -1.06. The summed E-state index contributed by atoms with van der Waals surface area (Å²) in [5.41, 5.74) is 0.231. The number of furan rings is 1. The Morgan fingerprint density at radius 1 is 1.47 bits per heavy atom. The van der Waals surface area contributed by atoms with Crippen LogP contribution in [0.25, 0.3) is 0 Å². The summed E-state index contributed by atoms with van der Waals surface area (Å²) in [6, 6.07) is 3.09. The van der Waals surface area contributed by atoms with Crippen LogP contribution in [0.1, 0.15) is 56.5 Å².